The van der Waals surface area contributed by atoms with E-state index < -0.39 is 10.0 Å². The fourth-order valence-electron chi connectivity index (χ4n) is 2.71. The van der Waals surface area contributed by atoms with Crippen LogP contribution in [-0.4, -0.2) is 57.2 Å². The lowest BCUT2D eigenvalue weighted by atomic mass is 10.1. The van der Waals surface area contributed by atoms with E-state index in [1.807, 2.05) is 13.0 Å². The van der Waals surface area contributed by atoms with Crippen LogP contribution in [0.5, 0.6) is 11.5 Å². The number of amides is 1. The lowest BCUT2D eigenvalue weighted by Gasteiger charge is -2.30. The van der Waals surface area contributed by atoms with Gasteiger partial charge in [-0.3, -0.25) is 4.79 Å². The molecule has 1 N–H and O–H groups in total. The van der Waals surface area contributed by atoms with Gasteiger partial charge >= 0.3 is 0 Å². The van der Waals surface area contributed by atoms with Gasteiger partial charge in [0.2, 0.25) is 10.0 Å². The van der Waals surface area contributed by atoms with Crippen molar-refractivity contribution < 1.29 is 22.7 Å². The van der Waals surface area contributed by atoms with Gasteiger partial charge in [0.1, 0.15) is 0 Å². The largest absolute Gasteiger partial charge is 0.490 e. The smallest absolute Gasteiger partial charge is 0.258 e. The van der Waals surface area contributed by atoms with Crippen molar-refractivity contribution in [2.75, 3.05) is 32.6 Å². The molecule has 9 heteroatoms. The Labute approximate surface area is 153 Å². The quantitative estimate of drug-likeness (QED) is 0.751. The van der Waals surface area contributed by atoms with Crippen molar-refractivity contribution in [3.63, 3.8) is 0 Å². The molecule has 0 aliphatic carbocycles. The number of carbonyl (C=O) groups excluding carboxylic acids is 1. The minimum atomic E-state index is -3.18. The van der Waals surface area contributed by atoms with Gasteiger partial charge in [-0.2, -0.15) is 5.26 Å². The van der Waals surface area contributed by atoms with Crippen molar-refractivity contribution in [3.8, 4) is 17.6 Å². The third kappa shape index (κ3) is 5.61. The molecule has 1 aliphatic rings. The standard InChI is InChI=1S/C17H23N3O5S/c1-3-24-16-10-13(11-18)4-5-15(16)25-12-17(21)19-14-6-8-20(9-7-14)26(2,22)23/h4-5,10,14H,3,6-9,12H2,1-2H3,(H,19,21). The van der Waals surface area contributed by atoms with E-state index in [-0.39, 0.29) is 18.6 Å². The SMILES string of the molecule is CCOc1cc(C#N)ccc1OCC(=O)NC1CCN(S(C)(=O)=O)CC1. The Bertz CT molecular complexity index is 780. The number of hydrogen-bond donors (Lipinski definition) is 1. The summed E-state index contributed by atoms with van der Waals surface area (Å²) in [5.74, 6) is 0.531. The van der Waals surface area contributed by atoms with Gasteiger partial charge in [0, 0.05) is 25.2 Å². The number of benzene rings is 1. The summed E-state index contributed by atoms with van der Waals surface area (Å²) in [5.41, 5.74) is 0.447. The first-order valence-electron chi connectivity index (χ1n) is 8.37. The Morgan fingerprint density at radius 1 is 1.31 bits per heavy atom. The second kappa shape index (κ2) is 8.87. The Balaban J connectivity index is 1.85. The van der Waals surface area contributed by atoms with Crippen LogP contribution in [0.25, 0.3) is 0 Å². The summed E-state index contributed by atoms with van der Waals surface area (Å²) >= 11 is 0. The van der Waals surface area contributed by atoms with Crippen LogP contribution < -0.4 is 14.8 Å². The van der Waals surface area contributed by atoms with Crippen molar-refractivity contribution in [1.29, 1.82) is 5.26 Å². The lowest BCUT2D eigenvalue weighted by Crippen LogP contribution is -2.47. The number of rotatable bonds is 7. The molecule has 1 heterocycles. The van der Waals surface area contributed by atoms with E-state index in [1.54, 1.807) is 18.2 Å². The van der Waals surface area contributed by atoms with Crippen LogP contribution in [0.15, 0.2) is 18.2 Å². The highest BCUT2D eigenvalue weighted by Crippen LogP contribution is 2.28. The summed E-state index contributed by atoms with van der Waals surface area (Å²) in [6.07, 6.45) is 2.33. The molecule has 0 radical (unpaired) electrons. The van der Waals surface area contributed by atoms with Crippen LogP contribution in [0, 0.1) is 11.3 Å². The third-order valence-electron chi connectivity index (χ3n) is 4.02. The maximum absolute atomic E-state index is 12.1. The van der Waals surface area contributed by atoms with Crippen LogP contribution >= 0.6 is 0 Å². The lowest BCUT2D eigenvalue weighted by molar-refractivity contribution is -0.124. The summed E-state index contributed by atoms with van der Waals surface area (Å²) < 4.78 is 35.3. The van der Waals surface area contributed by atoms with Crippen molar-refractivity contribution in [2.24, 2.45) is 0 Å². The Morgan fingerprint density at radius 3 is 2.58 bits per heavy atom. The monoisotopic (exact) mass is 381 g/mol. The first-order chi connectivity index (χ1) is 12.3. The van der Waals surface area contributed by atoms with Gasteiger partial charge in [0.15, 0.2) is 18.1 Å². The van der Waals surface area contributed by atoms with Crippen molar-refractivity contribution >= 4 is 15.9 Å². The molecule has 142 valence electrons. The molecule has 1 saturated heterocycles. The predicted octanol–water partition coefficient (Wildman–Crippen LogP) is 0.876. The molecule has 0 spiro atoms. The number of sulfonamides is 1. The predicted molar refractivity (Wildman–Crippen MR) is 95.4 cm³/mol. The summed E-state index contributed by atoms with van der Waals surface area (Å²) in [4.78, 5) is 12.1. The summed E-state index contributed by atoms with van der Waals surface area (Å²) in [7, 11) is -3.18. The molecule has 0 aromatic heterocycles. The molecule has 1 aromatic carbocycles. The van der Waals surface area contributed by atoms with E-state index in [9.17, 15) is 13.2 Å². The Kier molecular flexibility index (Phi) is 6.83. The van der Waals surface area contributed by atoms with E-state index >= 15 is 0 Å². The summed E-state index contributed by atoms with van der Waals surface area (Å²) in [6, 6.07) is 6.71. The maximum Gasteiger partial charge on any atom is 0.258 e. The number of carbonyl (C=O) groups is 1. The zero-order valence-corrected chi connectivity index (χ0v) is 15.7. The molecular formula is C17H23N3O5S. The zero-order valence-electron chi connectivity index (χ0n) is 14.9. The summed E-state index contributed by atoms with van der Waals surface area (Å²) in [6.45, 7) is 2.84. The van der Waals surface area contributed by atoms with Crippen LogP contribution in [0.2, 0.25) is 0 Å². The highest BCUT2D eigenvalue weighted by molar-refractivity contribution is 7.88. The Hall–Kier alpha value is -2.31. The van der Waals surface area contributed by atoms with Gasteiger partial charge < -0.3 is 14.8 Å². The molecule has 26 heavy (non-hydrogen) atoms. The molecule has 0 unspecified atom stereocenters. The Morgan fingerprint density at radius 2 is 2.00 bits per heavy atom. The second-order valence-corrected chi connectivity index (χ2v) is 7.98. The first-order valence-corrected chi connectivity index (χ1v) is 10.2. The number of hydrogen-bond acceptors (Lipinski definition) is 6. The van der Waals surface area contributed by atoms with Crippen LogP contribution in [0.4, 0.5) is 0 Å². The highest BCUT2D eigenvalue weighted by Gasteiger charge is 2.25. The van der Waals surface area contributed by atoms with Crippen LogP contribution in [-0.2, 0) is 14.8 Å². The fourth-order valence-corrected chi connectivity index (χ4v) is 3.58. The van der Waals surface area contributed by atoms with Gasteiger partial charge in [-0.1, -0.05) is 0 Å². The van der Waals surface area contributed by atoms with Gasteiger partial charge in [0.25, 0.3) is 5.91 Å². The number of ether oxygens (including phenoxy) is 2. The molecule has 8 nitrogen and oxygen atoms in total. The molecular weight excluding hydrogens is 358 g/mol. The molecule has 0 atom stereocenters. The minimum absolute atomic E-state index is 0.0728. The first kappa shape index (κ1) is 20.0. The van der Waals surface area contributed by atoms with E-state index in [2.05, 4.69) is 5.32 Å². The van der Waals surface area contributed by atoms with Gasteiger partial charge in [-0.25, -0.2) is 12.7 Å². The van der Waals surface area contributed by atoms with Crippen molar-refractivity contribution in [1.82, 2.24) is 9.62 Å². The molecule has 2 rings (SSSR count). The number of nitrogens with zero attached hydrogens (tertiary/aromatic N) is 2. The third-order valence-corrected chi connectivity index (χ3v) is 5.32. The van der Waals surface area contributed by atoms with E-state index in [0.717, 1.165) is 0 Å². The summed E-state index contributed by atoms with van der Waals surface area (Å²) in [5, 5.41) is 11.8. The van der Waals surface area contributed by atoms with E-state index in [1.165, 1.54) is 10.6 Å². The molecule has 0 bridgehead atoms. The van der Waals surface area contributed by atoms with Gasteiger partial charge in [-0.15, -0.1) is 0 Å². The highest BCUT2D eigenvalue weighted by atomic mass is 32.2. The molecule has 1 fully saturated rings. The van der Waals surface area contributed by atoms with E-state index in [0.29, 0.717) is 49.6 Å². The molecule has 0 saturated carbocycles. The second-order valence-electron chi connectivity index (χ2n) is 6.00. The number of piperidine rings is 1. The topological polar surface area (TPSA) is 109 Å². The average Bonchev–Trinajstić information content (AvgIpc) is 2.60. The fraction of sp³-hybridized carbons (Fsp3) is 0.529. The molecule has 1 aromatic rings. The number of nitriles is 1. The molecule has 1 aliphatic heterocycles. The van der Waals surface area contributed by atoms with Gasteiger partial charge in [0.05, 0.1) is 24.5 Å². The van der Waals surface area contributed by atoms with E-state index in [4.69, 9.17) is 14.7 Å². The van der Waals surface area contributed by atoms with Gasteiger partial charge in [-0.05, 0) is 31.9 Å². The van der Waals surface area contributed by atoms with Crippen LogP contribution in [0.1, 0.15) is 25.3 Å². The minimum Gasteiger partial charge on any atom is -0.490 e. The van der Waals surface area contributed by atoms with Crippen molar-refractivity contribution in [2.45, 2.75) is 25.8 Å². The van der Waals surface area contributed by atoms with Crippen molar-refractivity contribution in [3.05, 3.63) is 23.8 Å². The zero-order chi connectivity index (χ0) is 19.2. The molecule has 1 amide bonds. The maximum atomic E-state index is 12.1. The number of nitrogens with one attached hydrogen (secondary N) is 1. The average molecular weight is 381 g/mol. The normalized spacial score (nSPS) is 15.9. The van der Waals surface area contributed by atoms with Crippen LogP contribution in [0.3, 0.4) is 0 Å².